The van der Waals surface area contributed by atoms with Gasteiger partial charge in [-0.3, -0.25) is 9.36 Å². The molecule has 2 aromatic carbocycles. The van der Waals surface area contributed by atoms with Crippen LogP contribution in [0.1, 0.15) is 28.9 Å². The maximum atomic E-state index is 13.2. The van der Waals surface area contributed by atoms with Crippen molar-refractivity contribution in [2.24, 2.45) is 0 Å². The van der Waals surface area contributed by atoms with Crippen LogP contribution in [0.3, 0.4) is 0 Å². The first-order valence-electron chi connectivity index (χ1n) is 9.61. The fourth-order valence-electron chi connectivity index (χ4n) is 4.09. The number of carbonyl (C=O) groups excluding carboxylic acids is 1. The van der Waals surface area contributed by atoms with Gasteiger partial charge >= 0.3 is 5.16 Å². The molecule has 0 aliphatic heterocycles. The van der Waals surface area contributed by atoms with Crippen molar-refractivity contribution in [1.82, 2.24) is 14.6 Å². The molecule has 28 heavy (non-hydrogen) atoms. The lowest BCUT2D eigenvalue weighted by Gasteiger charge is -2.14. The molecule has 2 aromatic heterocycles. The molecule has 0 saturated carbocycles. The maximum Gasteiger partial charge on any atom is 0.385 e. The number of nitrogens with one attached hydrogen (secondary N) is 1. The smallest absolute Gasteiger partial charge is 0.283 e. The summed E-state index contributed by atoms with van der Waals surface area (Å²) in [5, 5.41) is 5.14. The number of aromatic amines is 1. The summed E-state index contributed by atoms with van der Waals surface area (Å²) in [6.07, 6.45) is 6.06. The molecule has 0 saturated heterocycles. The van der Waals surface area contributed by atoms with E-state index in [1.807, 2.05) is 45.6 Å². The first-order valence-corrected chi connectivity index (χ1v) is 10.6. The summed E-state index contributed by atoms with van der Waals surface area (Å²) in [6, 6.07) is 18.3. The monoisotopic (exact) mass is 389 g/mol. The summed E-state index contributed by atoms with van der Waals surface area (Å²) in [5.41, 5.74) is 4.60. The predicted octanol–water partition coefficient (Wildman–Crippen LogP) is 3.95. The van der Waals surface area contributed by atoms with E-state index in [0.29, 0.717) is 5.75 Å². The highest BCUT2D eigenvalue weighted by Crippen LogP contribution is 2.32. The highest BCUT2D eigenvalue weighted by Gasteiger charge is 2.25. The van der Waals surface area contributed by atoms with E-state index >= 15 is 0 Å². The lowest BCUT2D eigenvalue weighted by atomic mass is 9.96. The van der Waals surface area contributed by atoms with Crippen molar-refractivity contribution in [3.8, 4) is 5.69 Å². The van der Waals surface area contributed by atoms with Gasteiger partial charge in [0.15, 0.2) is 5.69 Å². The molecule has 140 valence electrons. The number of aryl methyl sites for hydroxylation is 1. The zero-order chi connectivity index (χ0) is 18.9. The average Bonchev–Trinajstić information content (AvgIpc) is 3.35. The minimum absolute atomic E-state index is 0.118. The molecule has 1 aliphatic rings. The van der Waals surface area contributed by atoms with E-state index < -0.39 is 0 Å². The van der Waals surface area contributed by atoms with Gasteiger partial charge in [0.2, 0.25) is 12.2 Å². The quantitative estimate of drug-likeness (QED) is 0.425. The zero-order valence-corrected chi connectivity index (χ0v) is 16.3. The van der Waals surface area contributed by atoms with Gasteiger partial charge in [0.25, 0.3) is 0 Å². The Morgan fingerprint density at radius 3 is 2.75 bits per heavy atom. The van der Waals surface area contributed by atoms with E-state index in [4.69, 9.17) is 0 Å². The third-order valence-corrected chi connectivity index (χ3v) is 6.26. The van der Waals surface area contributed by atoms with E-state index in [9.17, 15) is 4.79 Å². The van der Waals surface area contributed by atoms with Crippen LogP contribution in [0.2, 0.25) is 0 Å². The molecule has 0 fully saturated rings. The molecule has 1 aliphatic carbocycles. The fraction of sp³-hybridized carbons (Fsp3) is 0.227. The number of hydrogen-bond donors (Lipinski definition) is 1. The highest BCUT2D eigenvalue weighted by molar-refractivity contribution is 7.99. The number of para-hydroxylation sites is 2. The van der Waals surface area contributed by atoms with Crippen molar-refractivity contribution < 1.29 is 9.48 Å². The normalized spacial score (nSPS) is 13.6. The van der Waals surface area contributed by atoms with Crippen LogP contribution in [0.15, 0.2) is 66.1 Å². The molecule has 5 rings (SSSR count). The fourth-order valence-corrected chi connectivity index (χ4v) is 4.89. The Balaban J connectivity index is 1.45. The Bertz CT molecular complexity index is 1150. The molecule has 0 spiro atoms. The lowest BCUT2D eigenvalue weighted by molar-refractivity contribution is -0.694. The molecule has 0 amide bonds. The van der Waals surface area contributed by atoms with E-state index in [1.54, 1.807) is 6.33 Å². The summed E-state index contributed by atoms with van der Waals surface area (Å²) in [6.45, 7) is 0. The Kier molecular flexibility index (Phi) is 4.49. The van der Waals surface area contributed by atoms with Gasteiger partial charge in [-0.25, -0.2) is 0 Å². The molecular formula is C22H21N4OS+. The third kappa shape index (κ3) is 2.94. The van der Waals surface area contributed by atoms with Crippen LogP contribution in [0.4, 0.5) is 0 Å². The second kappa shape index (κ2) is 7.28. The van der Waals surface area contributed by atoms with Crippen molar-refractivity contribution in [2.45, 2.75) is 30.8 Å². The lowest BCUT2D eigenvalue weighted by Crippen LogP contribution is -2.35. The van der Waals surface area contributed by atoms with Gasteiger partial charge < -0.3 is 0 Å². The number of hydrogen-bond acceptors (Lipinski definition) is 3. The Morgan fingerprint density at radius 2 is 1.86 bits per heavy atom. The van der Waals surface area contributed by atoms with Crippen LogP contribution in [0, 0.1) is 0 Å². The van der Waals surface area contributed by atoms with E-state index in [-0.39, 0.29) is 5.91 Å². The third-order valence-electron chi connectivity index (χ3n) is 5.32. The van der Waals surface area contributed by atoms with Crippen LogP contribution in [0.25, 0.3) is 16.6 Å². The van der Waals surface area contributed by atoms with E-state index in [2.05, 4.69) is 28.3 Å². The van der Waals surface area contributed by atoms with Gasteiger partial charge in [0.1, 0.15) is 0 Å². The van der Waals surface area contributed by atoms with Crippen LogP contribution < -0.4 is 4.68 Å². The standard InChI is InChI=1S/C22H20N4OS/c27-21(14-28-22-23-15-24-26(22)16-8-2-1-3-9-16)25-19-12-6-4-10-17(19)18-11-5-7-13-20(18)25/h1-4,6,8-10,12,15H,5,7,11,13-14H2/p+1. The molecule has 2 heterocycles. The van der Waals surface area contributed by atoms with Gasteiger partial charge in [0, 0.05) is 11.1 Å². The first kappa shape index (κ1) is 17.3. The zero-order valence-electron chi connectivity index (χ0n) is 15.5. The predicted molar refractivity (Wildman–Crippen MR) is 110 cm³/mol. The number of benzene rings is 2. The van der Waals surface area contributed by atoms with Crippen molar-refractivity contribution in [3.63, 3.8) is 0 Å². The highest BCUT2D eigenvalue weighted by atomic mass is 32.2. The van der Waals surface area contributed by atoms with Crippen LogP contribution in [-0.4, -0.2) is 26.3 Å². The minimum Gasteiger partial charge on any atom is -0.283 e. The van der Waals surface area contributed by atoms with Gasteiger partial charge in [-0.15, -0.1) is 4.68 Å². The summed E-state index contributed by atoms with van der Waals surface area (Å²) in [4.78, 5) is 17.6. The summed E-state index contributed by atoms with van der Waals surface area (Å²) in [7, 11) is 0. The van der Waals surface area contributed by atoms with E-state index in [1.165, 1.54) is 34.8 Å². The van der Waals surface area contributed by atoms with Crippen molar-refractivity contribution in [2.75, 3.05) is 5.75 Å². The van der Waals surface area contributed by atoms with Gasteiger partial charge in [-0.1, -0.05) is 36.4 Å². The molecule has 0 bridgehead atoms. The number of H-pyrrole nitrogens is 1. The average molecular weight is 390 g/mol. The molecule has 4 aromatic rings. The van der Waals surface area contributed by atoms with Crippen molar-refractivity contribution in [3.05, 3.63) is 72.2 Å². The van der Waals surface area contributed by atoms with Crippen molar-refractivity contribution in [1.29, 1.82) is 0 Å². The molecule has 5 nitrogen and oxygen atoms in total. The van der Waals surface area contributed by atoms with E-state index in [0.717, 1.165) is 35.6 Å². The molecule has 6 heteroatoms. The maximum absolute atomic E-state index is 13.2. The number of carbonyl (C=O) groups is 1. The number of aromatic nitrogens is 4. The molecule has 0 atom stereocenters. The van der Waals surface area contributed by atoms with Gasteiger partial charge in [0.05, 0.1) is 11.3 Å². The number of rotatable bonds is 4. The topological polar surface area (TPSA) is 54.6 Å². The van der Waals surface area contributed by atoms with Gasteiger partial charge in [-0.05, 0) is 66.2 Å². The van der Waals surface area contributed by atoms with Crippen LogP contribution >= 0.6 is 11.8 Å². The second-order valence-electron chi connectivity index (χ2n) is 7.01. The molecule has 0 unspecified atom stereocenters. The largest absolute Gasteiger partial charge is 0.385 e. The first-order chi connectivity index (χ1) is 13.8. The molecular weight excluding hydrogens is 368 g/mol. The van der Waals surface area contributed by atoms with Crippen LogP contribution in [-0.2, 0) is 12.8 Å². The number of thioether (sulfide) groups is 1. The van der Waals surface area contributed by atoms with Crippen molar-refractivity contribution >= 4 is 28.6 Å². The number of fused-ring (bicyclic) bond motifs is 3. The Morgan fingerprint density at radius 1 is 1.07 bits per heavy atom. The Hall–Kier alpha value is -2.86. The summed E-state index contributed by atoms with van der Waals surface area (Å²) >= 11 is 1.46. The second-order valence-corrected chi connectivity index (χ2v) is 7.95. The number of nitrogens with zero attached hydrogens (tertiary/aromatic N) is 3. The van der Waals surface area contributed by atoms with Gasteiger partial charge in [-0.2, -0.15) is 5.10 Å². The molecule has 0 radical (unpaired) electrons. The SMILES string of the molecule is O=C(CSc1nc[nH][n+]1-c1ccccc1)n1c2c(c3ccccc31)CCCC2. The summed E-state index contributed by atoms with van der Waals surface area (Å²) < 4.78 is 3.86. The van der Waals surface area contributed by atoms with Crippen LogP contribution in [0.5, 0.6) is 0 Å². The Labute approximate surface area is 167 Å². The molecule has 1 N–H and O–H groups in total. The minimum atomic E-state index is 0.118. The summed E-state index contributed by atoms with van der Waals surface area (Å²) in [5.74, 6) is 0.468.